The zero-order valence-corrected chi connectivity index (χ0v) is 13.3. The van der Waals surface area contributed by atoms with Crippen molar-refractivity contribution in [2.45, 2.75) is 37.5 Å². The van der Waals surface area contributed by atoms with Crippen LogP contribution >= 0.6 is 11.6 Å². The highest BCUT2D eigenvalue weighted by Crippen LogP contribution is 2.52. The van der Waals surface area contributed by atoms with Gasteiger partial charge in [0.2, 0.25) is 0 Å². The molecule has 0 atom stereocenters. The Labute approximate surface area is 139 Å². The lowest BCUT2D eigenvalue weighted by Gasteiger charge is -2.39. The smallest absolute Gasteiger partial charge is 0.337 e. The Bertz CT molecular complexity index is 783. The Morgan fingerprint density at radius 1 is 1.17 bits per heavy atom. The fourth-order valence-electron chi connectivity index (χ4n) is 4.04. The van der Waals surface area contributed by atoms with Crippen LogP contribution in [0.4, 0.5) is 11.5 Å². The second-order valence-electron chi connectivity index (χ2n) is 6.34. The number of hydrogen-bond donors (Lipinski definition) is 2. The highest BCUT2D eigenvalue weighted by Gasteiger charge is 2.38. The summed E-state index contributed by atoms with van der Waals surface area (Å²) < 4.78 is 0. The molecule has 1 fully saturated rings. The van der Waals surface area contributed by atoms with Crippen LogP contribution in [0.25, 0.3) is 0 Å². The predicted octanol–water partition coefficient (Wildman–Crippen LogP) is 4.93. The molecule has 1 heterocycles. The summed E-state index contributed by atoms with van der Waals surface area (Å²) in [5, 5.41) is 13.5. The quantitative estimate of drug-likeness (QED) is 0.838. The van der Waals surface area contributed by atoms with Crippen molar-refractivity contribution in [2.75, 3.05) is 5.32 Å². The Morgan fingerprint density at radius 2 is 1.87 bits per heavy atom. The molecular weight excluding hydrogens is 312 g/mol. The van der Waals surface area contributed by atoms with Crippen molar-refractivity contribution in [3.05, 3.63) is 52.2 Å². The van der Waals surface area contributed by atoms with Crippen molar-refractivity contribution >= 4 is 29.1 Å². The molecule has 0 saturated heterocycles. The van der Waals surface area contributed by atoms with Gasteiger partial charge in [-0.25, -0.2) is 9.78 Å². The fraction of sp³-hybridized carbons (Fsp3) is 0.333. The van der Waals surface area contributed by atoms with Crippen molar-refractivity contribution in [3.63, 3.8) is 0 Å². The highest BCUT2D eigenvalue weighted by atomic mass is 35.5. The first-order valence-electron chi connectivity index (χ1n) is 7.92. The van der Waals surface area contributed by atoms with E-state index in [9.17, 15) is 9.90 Å². The number of nitrogens with zero attached hydrogens (tertiary/aromatic N) is 1. The maximum Gasteiger partial charge on any atom is 0.337 e. The van der Waals surface area contributed by atoms with E-state index in [1.165, 1.54) is 6.20 Å². The minimum Gasteiger partial charge on any atom is -0.478 e. The number of rotatable bonds is 3. The molecule has 3 aliphatic carbocycles. The molecule has 4 nitrogen and oxygen atoms in total. The molecule has 1 aromatic carbocycles. The third kappa shape index (κ3) is 2.47. The van der Waals surface area contributed by atoms with Crippen LogP contribution < -0.4 is 5.32 Å². The van der Waals surface area contributed by atoms with Crippen LogP contribution in [-0.4, -0.2) is 16.1 Å². The Balaban J connectivity index is 1.83. The average Bonchev–Trinajstić information content (AvgIpc) is 2.56. The molecule has 1 aromatic heterocycles. The third-order valence-corrected chi connectivity index (χ3v) is 5.25. The number of carboxylic acids is 1. The Kier molecular flexibility index (Phi) is 3.49. The van der Waals surface area contributed by atoms with Crippen molar-refractivity contribution in [2.24, 2.45) is 0 Å². The molecule has 0 unspecified atom stereocenters. The normalized spacial score (nSPS) is 21.8. The number of carbonyl (C=O) groups is 1. The number of halogens is 1. The van der Waals surface area contributed by atoms with Crippen molar-refractivity contribution in [3.8, 4) is 0 Å². The minimum absolute atomic E-state index is 0.351. The maximum atomic E-state index is 11.6. The first kappa shape index (κ1) is 14.5. The first-order chi connectivity index (χ1) is 11.1. The molecule has 3 aliphatic rings. The predicted molar refractivity (Wildman–Crippen MR) is 89.9 cm³/mol. The number of aromatic nitrogens is 1. The molecule has 5 heteroatoms. The highest BCUT2D eigenvalue weighted by molar-refractivity contribution is 6.30. The zero-order chi connectivity index (χ0) is 16.0. The van der Waals surface area contributed by atoms with Crippen LogP contribution in [0.5, 0.6) is 0 Å². The van der Waals surface area contributed by atoms with E-state index in [1.54, 1.807) is 0 Å². The van der Waals surface area contributed by atoms with E-state index < -0.39 is 5.97 Å². The molecular formula is C18H17ClN2O2. The van der Waals surface area contributed by atoms with Gasteiger partial charge < -0.3 is 10.4 Å². The second kappa shape index (κ2) is 5.53. The topological polar surface area (TPSA) is 62.2 Å². The summed E-state index contributed by atoms with van der Waals surface area (Å²) in [7, 11) is 0. The summed E-state index contributed by atoms with van der Waals surface area (Å²) in [6.07, 6.45) is 5.89. The molecule has 2 bridgehead atoms. The van der Waals surface area contributed by atoms with E-state index in [1.807, 2.05) is 24.3 Å². The van der Waals surface area contributed by atoms with Crippen LogP contribution in [0.2, 0.25) is 5.02 Å². The van der Waals surface area contributed by atoms with Crippen molar-refractivity contribution < 1.29 is 9.90 Å². The Morgan fingerprint density at radius 3 is 2.52 bits per heavy atom. The molecule has 1 saturated carbocycles. The van der Waals surface area contributed by atoms with Gasteiger partial charge in [0, 0.05) is 22.5 Å². The van der Waals surface area contributed by atoms with E-state index in [4.69, 9.17) is 11.6 Å². The number of aromatic carboxylic acids is 1. The van der Waals surface area contributed by atoms with Crippen molar-refractivity contribution in [1.29, 1.82) is 0 Å². The Hall–Kier alpha value is -2.07. The van der Waals surface area contributed by atoms with E-state index in [0.717, 1.165) is 48.3 Å². The van der Waals surface area contributed by atoms with Gasteiger partial charge in [-0.2, -0.15) is 0 Å². The molecule has 0 amide bonds. The van der Waals surface area contributed by atoms with Crippen molar-refractivity contribution in [1.82, 2.24) is 4.98 Å². The van der Waals surface area contributed by atoms with Gasteiger partial charge in [-0.05, 0) is 61.3 Å². The number of anilines is 2. The van der Waals surface area contributed by atoms with Gasteiger partial charge in [-0.15, -0.1) is 0 Å². The molecule has 2 N–H and O–H groups in total. The average molecular weight is 329 g/mol. The number of fused-ring (bicyclic) bond motifs is 2. The SMILES string of the molecule is O=C(O)c1cnc(Nc2cccc(Cl)c2)c2c1C1CCC2CC1. The number of benzene rings is 1. The summed E-state index contributed by atoms with van der Waals surface area (Å²) in [4.78, 5) is 16.0. The molecule has 2 aromatic rings. The van der Waals surface area contributed by atoms with Crippen LogP contribution in [-0.2, 0) is 0 Å². The van der Waals surface area contributed by atoms with E-state index in [0.29, 0.717) is 22.4 Å². The van der Waals surface area contributed by atoms with Gasteiger partial charge in [0.05, 0.1) is 5.56 Å². The molecule has 0 aliphatic heterocycles. The van der Waals surface area contributed by atoms with E-state index >= 15 is 0 Å². The number of nitrogens with one attached hydrogen (secondary N) is 1. The van der Waals surface area contributed by atoms with Gasteiger partial charge in [-0.3, -0.25) is 0 Å². The summed E-state index contributed by atoms with van der Waals surface area (Å²) in [6.45, 7) is 0. The lowest BCUT2D eigenvalue weighted by atomic mass is 9.66. The van der Waals surface area contributed by atoms with Crippen LogP contribution in [0.15, 0.2) is 30.5 Å². The van der Waals surface area contributed by atoms with Crippen LogP contribution in [0.1, 0.15) is 59.0 Å². The monoisotopic (exact) mass is 328 g/mol. The summed E-state index contributed by atoms with van der Waals surface area (Å²) >= 11 is 6.05. The summed E-state index contributed by atoms with van der Waals surface area (Å²) in [6, 6.07) is 7.49. The first-order valence-corrected chi connectivity index (χ1v) is 8.30. The zero-order valence-electron chi connectivity index (χ0n) is 12.6. The minimum atomic E-state index is -0.879. The lowest BCUT2D eigenvalue weighted by molar-refractivity contribution is 0.0693. The number of hydrogen-bond acceptors (Lipinski definition) is 3. The fourth-order valence-corrected chi connectivity index (χ4v) is 4.23. The van der Waals surface area contributed by atoms with E-state index in [-0.39, 0.29) is 0 Å². The van der Waals surface area contributed by atoms with Crippen LogP contribution in [0.3, 0.4) is 0 Å². The number of pyridine rings is 1. The molecule has 118 valence electrons. The number of carboxylic acid groups (broad SMARTS) is 1. The van der Waals surface area contributed by atoms with Gasteiger partial charge in [0.15, 0.2) is 0 Å². The van der Waals surface area contributed by atoms with Crippen LogP contribution in [0, 0.1) is 0 Å². The van der Waals surface area contributed by atoms with Gasteiger partial charge in [0.1, 0.15) is 5.82 Å². The summed E-state index contributed by atoms with van der Waals surface area (Å²) in [5.74, 6) is 0.657. The van der Waals surface area contributed by atoms with Gasteiger partial charge in [-0.1, -0.05) is 17.7 Å². The summed E-state index contributed by atoms with van der Waals surface area (Å²) in [5.41, 5.74) is 3.34. The molecule has 0 radical (unpaired) electrons. The van der Waals surface area contributed by atoms with E-state index in [2.05, 4.69) is 10.3 Å². The molecule has 0 spiro atoms. The van der Waals surface area contributed by atoms with Gasteiger partial charge in [0.25, 0.3) is 0 Å². The molecule has 5 rings (SSSR count). The molecule has 23 heavy (non-hydrogen) atoms. The second-order valence-corrected chi connectivity index (χ2v) is 6.77. The third-order valence-electron chi connectivity index (χ3n) is 5.02. The largest absolute Gasteiger partial charge is 0.478 e. The van der Waals surface area contributed by atoms with Gasteiger partial charge >= 0.3 is 5.97 Å². The lowest BCUT2D eigenvalue weighted by Crippen LogP contribution is -2.26. The maximum absolute atomic E-state index is 11.6. The standard InChI is InChI=1S/C18H17ClN2O2/c19-12-2-1-3-13(8-12)21-17-16-11-6-4-10(5-7-11)15(16)14(9-20-17)18(22)23/h1-3,8-11H,4-7H2,(H,20,21)(H,22,23).